The Hall–Kier alpha value is -3.20. The molecule has 2 amide bonds. The predicted molar refractivity (Wildman–Crippen MR) is 137 cm³/mol. The Morgan fingerprint density at radius 1 is 0.943 bits per heavy atom. The smallest absolute Gasteiger partial charge is 0.261 e. The van der Waals surface area contributed by atoms with Crippen molar-refractivity contribution in [1.29, 1.82) is 0 Å². The van der Waals surface area contributed by atoms with Crippen LogP contribution in [0.4, 0.5) is 11.4 Å². The number of imide groups is 1. The van der Waals surface area contributed by atoms with Gasteiger partial charge >= 0.3 is 0 Å². The Morgan fingerprint density at radius 2 is 1.74 bits per heavy atom. The highest BCUT2D eigenvalue weighted by Gasteiger charge is 2.35. The standard InChI is InChI=1S/C26H28ClN5O3/c27-18-2-4-21-23(6-8-29-24(21)16-18)28-7-1-9-32-25(34)20-5-3-19(17-22(20)26(32)35)31-12-10-30(11-13-31)14-15-33/h2-6,8,16-17,33H,1,7,9-15H2,(H,28,29). The number of nitrogens with one attached hydrogen (secondary N) is 1. The van der Waals surface area contributed by atoms with Gasteiger partial charge in [0.05, 0.1) is 23.3 Å². The molecule has 0 unspecified atom stereocenters. The summed E-state index contributed by atoms with van der Waals surface area (Å²) >= 11 is 6.06. The van der Waals surface area contributed by atoms with Crippen molar-refractivity contribution in [3.8, 4) is 0 Å². The Kier molecular flexibility index (Phi) is 6.86. The molecule has 2 N–H and O–H groups in total. The molecular formula is C26H28ClN5O3. The minimum Gasteiger partial charge on any atom is -0.395 e. The number of aliphatic hydroxyl groups is 1. The summed E-state index contributed by atoms with van der Waals surface area (Å²) in [6.45, 7) is 5.18. The lowest BCUT2D eigenvalue weighted by Crippen LogP contribution is -2.47. The number of pyridine rings is 1. The van der Waals surface area contributed by atoms with Crippen LogP contribution in [0.5, 0.6) is 0 Å². The van der Waals surface area contributed by atoms with Gasteiger partial charge in [-0.15, -0.1) is 0 Å². The Labute approximate surface area is 209 Å². The van der Waals surface area contributed by atoms with E-state index in [0.29, 0.717) is 42.2 Å². The van der Waals surface area contributed by atoms with Crippen molar-refractivity contribution < 1.29 is 14.7 Å². The van der Waals surface area contributed by atoms with Gasteiger partial charge in [0.15, 0.2) is 0 Å². The maximum Gasteiger partial charge on any atom is 0.261 e. The second-order valence-corrected chi connectivity index (χ2v) is 9.28. The number of anilines is 2. The zero-order valence-corrected chi connectivity index (χ0v) is 20.2. The molecule has 0 spiro atoms. The van der Waals surface area contributed by atoms with Crippen molar-refractivity contribution in [3.63, 3.8) is 0 Å². The summed E-state index contributed by atoms with van der Waals surface area (Å²) in [7, 11) is 0. The number of halogens is 1. The van der Waals surface area contributed by atoms with Gasteiger partial charge in [0.25, 0.3) is 11.8 Å². The summed E-state index contributed by atoms with van der Waals surface area (Å²) < 4.78 is 0. The zero-order chi connectivity index (χ0) is 24.4. The fourth-order valence-electron chi connectivity index (χ4n) is 4.79. The van der Waals surface area contributed by atoms with Gasteiger partial charge in [-0.3, -0.25) is 24.4 Å². The van der Waals surface area contributed by atoms with Crippen molar-refractivity contribution in [2.24, 2.45) is 0 Å². The lowest BCUT2D eigenvalue weighted by atomic mass is 10.1. The van der Waals surface area contributed by atoms with Crippen LogP contribution < -0.4 is 10.2 Å². The number of β-amino-alcohol motifs (C(OH)–C–C–N with tert-alkyl or cyclic N) is 1. The topological polar surface area (TPSA) is 89.0 Å². The van der Waals surface area contributed by atoms with Crippen molar-refractivity contribution in [1.82, 2.24) is 14.8 Å². The molecule has 2 aliphatic heterocycles. The Balaban J connectivity index is 1.19. The number of hydrogen-bond donors (Lipinski definition) is 2. The molecular weight excluding hydrogens is 466 g/mol. The largest absolute Gasteiger partial charge is 0.395 e. The van der Waals surface area contributed by atoms with Gasteiger partial charge in [-0.1, -0.05) is 11.6 Å². The number of aliphatic hydroxyl groups excluding tert-OH is 1. The molecule has 35 heavy (non-hydrogen) atoms. The predicted octanol–water partition coefficient (Wildman–Crippen LogP) is 3.10. The third kappa shape index (κ3) is 4.82. The molecule has 2 aromatic carbocycles. The monoisotopic (exact) mass is 493 g/mol. The lowest BCUT2D eigenvalue weighted by Gasteiger charge is -2.35. The quantitative estimate of drug-likeness (QED) is 0.368. The van der Waals surface area contributed by atoms with E-state index in [1.807, 2.05) is 36.4 Å². The van der Waals surface area contributed by atoms with Crippen LogP contribution in [0.2, 0.25) is 5.02 Å². The van der Waals surface area contributed by atoms with Gasteiger partial charge in [-0.05, 0) is 48.9 Å². The van der Waals surface area contributed by atoms with Gasteiger partial charge in [0.2, 0.25) is 0 Å². The third-order valence-electron chi connectivity index (χ3n) is 6.69. The lowest BCUT2D eigenvalue weighted by molar-refractivity contribution is 0.0654. The van der Waals surface area contributed by atoms with E-state index in [-0.39, 0.29) is 18.4 Å². The fourth-order valence-corrected chi connectivity index (χ4v) is 4.95. The number of rotatable bonds is 8. The maximum atomic E-state index is 13.1. The number of fused-ring (bicyclic) bond motifs is 2. The molecule has 1 aromatic heterocycles. The minimum absolute atomic E-state index is 0.162. The van der Waals surface area contributed by atoms with Crippen LogP contribution in [-0.2, 0) is 0 Å². The van der Waals surface area contributed by atoms with Crippen molar-refractivity contribution in [2.75, 3.05) is 62.6 Å². The summed E-state index contributed by atoms with van der Waals surface area (Å²) in [6, 6.07) is 13.0. The molecule has 0 aliphatic carbocycles. The maximum absolute atomic E-state index is 13.1. The molecule has 9 heteroatoms. The normalized spacial score (nSPS) is 16.3. The molecule has 3 aromatic rings. The molecule has 0 bridgehead atoms. The molecule has 0 atom stereocenters. The van der Waals surface area contributed by atoms with E-state index in [0.717, 1.165) is 48.5 Å². The Morgan fingerprint density at radius 3 is 2.54 bits per heavy atom. The minimum atomic E-state index is -0.228. The molecule has 8 nitrogen and oxygen atoms in total. The van der Waals surface area contributed by atoms with Crippen LogP contribution in [0.3, 0.4) is 0 Å². The van der Waals surface area contributed by atoms with Crippen LogP contribution in [0.1, 0.15) is 27.1 Å². The first-order chi connectivity index (χ1) is 17.0. The van der Waals surface area contributed by atoms with E-state index < -0.39 is 0 Å². The van der Waals surface area contributed by atoms with Crippen LogP contribution >= 0.6 is 11.6 Å². The zero-order valence-electron chi connectivity index (χ0n) is 19.4. The number of piperazine rings is 1. The number of carbonyl (C=O) groups excluding carboxylic acids is 2. The van der Waals surface area contributed by atoms with Gasteiger partial charge in [-0.25, -0.2) is 0 Å². The van der Waals surface area contributed by atoms with E-state index in [4.69, 9.17) is 16.7 Å². The Bertz CT molecular complexity index is 1260. The van der Waals surface area contributed by atoms with Gasteiger partial charge < -0.3 is 15.3 Å². The number of benzene rings is 2. The van der Waals surface area contributed by atoms with Gasteiger partial charge in [0.1, 0.15) is 0 Å². The highest BCUT2D eigenvalue weighted by molar-refractivity contribution is 6.31. The molecule has 2 aliphatic rings. The number of amides is 2. The van der Waals surface area contributed by atoms with E-state index in [9.17, 15) is 9.59 Å². The molecule has 182 valence electrons. The second kappa shape index (κ2) is 10.2. The molecule has 3 heterocycles. The van der Waals surface area contributed by atoms with Gasteiger partial charge in [-0.2, -0.15) is 0 Å². The highest BCUT2D eigenvalue weighted by atomic mass is 35.5. The van der Waals surface area contributed by atoms with Crippen LogP contribution in [0.15, 0.2) is 48.7 Å². The SMILES string of the molecule is O=C1c2ccc(N3CCN(CCO)CC3)cc2C(=O)N1CCCNc1ccnc2cc(Cl)ccc12. The highest BCUT2D eigenvalue weighted by Crippen LogP contribution is 2.29. The second-order valence-electron chi connectivity index (χ2n) is 8.84. The first kappa shape index (κ1) is 23.5. The van der Waals surface area contributed by atoms with E-state index in [1.165, 1.54) is 4.90 Å². The van der Waals surface area contributed by atoms with Crippen molar-refractivity contribution in [2.45, 2.75) is 6.42 Å². The number of hydrogen-bond acceptors (Lipinski definition) is 7. The first-order valence-corrected chi connectivity index (χ1v) is 12.3. The van der Waals surface area contributed by atoms with Gasteiger partial charge in [0, 0.05) is 73.8 Å². The molecule has 1 fully saturated rings. The molecule has 5 rings (SSSR count). The third-order valence-corrected chi connectivity index (χ3v) is 6.92. The average Bonchev–Trinajstić information content (AvgIpc) is 3.11. The van der Waals surface area contributed by atoms with Crippen LogP contribution in [0, 0.1) is 0 Å². The summed E-state index contributed by atoms with van der Waals surface area (Å²) in [5, 5.41) is 14.1. The van der Waals surface area contributed by atoms with Crippen molar-refractivity contribution >= 4 is 45.7 Å². The van der Waals surface area contributed by atoms with E-state index in [1.54, 1.807) is 12.3 Å². The van der Waals surface area contributed by atoms with E-state index in [2.05, 4.69) is 20.1 Å². The van der Waals surface area contributed by atoms with Crippen LogP contribution in [0.25, 0.3) is 10.9 Å². The molecule has 1 saturated heterocycles. The fraction of sp³-hybridized carbons (Fsp3) is 0.346. The van der Waals surface area contributed by atoms with Crippen LogP contribution in [-0.4, -0.2) is 84.1 Å². The molecule has 0 radical (unpaired) electrons. The number of nitrogens with zero attached hydrogens (tertiary/aromatic N) is 4. The summed E-state index contributed by atoms with van der Waals surface area (Å²) in [5.41, 5.74) is 3.67. The summed E-state index contributed by atoms with van der Waals surface area (Å²) in [4.78, 5) is 36.1. The van der Waals surface area contributed by atoms with Crippen molar-refractivity contribution in [3.05, 3.63) is 64.8 Å². The summed E-state index contributed by atoms with van der Waals surface area (Å²) in [5.74, 6) is -0.455. The number of carbonyl (C=O) groups is 2. The molecule has 0 saturated carbocycles. The average molecular weight is 494 g/mol. The number of aromatic nitrogens is 1. The van der Waals surface area contributed by atoms with E-state index >= 15 is 0 Å². The first-order valence-electron chi connectivity index (χ1n) is 11.9. The summed E-state index contributed by atoms with van der Waals surface area (Å²) in [6.07, 6.45) is 2.36.